The molecule has 0 bridgehead atoms. The van der Waals surface area contributed by atoms with Crippen LogP contribution in [0, 0.1) is 13.8 Å². The SMILES string of the molecule is Cc1ccc(-c2c(-c3ccccc3)ccc(-c3cc(C)ccc3Nc3ccc(C=O)cc3)c2N)cc1. The average molecular weight is 469 g/mol. The lowest BCUT2D eigenvalue weighted by molar-refractivity contribution is 0.112. The van der Waals surface area contributed by atoms with Gasteiger partial charge >= 0.3 is 0 Å². The molecule has 5 rings (SSSR count). The first-order valence-corrected chi connectivity index (χ1v) is 12.0. The van der Waals surface area contributed by atoms with Gasteiger partial charge < -0.3 is 11.1 Å². The van der Waals surface area contributed by atoms with E-state index in [1.807, 2.05) is 30.3 Å². The number of rotatable bonds is 6. The highest BCUT2D eigenvalue weighted by molar-refractivity contribution is 6.00. The van der Waals surface area contributed by atoms with Gasteiger partial charge in [0.05, 0.1) is 0 Å². The van der Waals surface area contributed by atoms with E-state index in [1.165, 1.54) is 5.56 Å². The molecule has 0 aliphatic heterocycles. The minimum atomic E-state index is 0.646. The molecule has 0 aliphatic rings. The van der Waals surface area contributed by atoms with Crippen molar-refractivity contribution in [3.05, 3.63) is 126 Å². The van der Waals surface area contributed by atoms with E-state index in [0.29, 0.717) is 5.56 Å². The lowest BCUT2D eigenvalue weighted by atomic mass is 9.88. The van der Waals surface area contributed by atoms with E-state index in [-0.39, 0.29) is 0 Å². The number of benzene rings is 5. The van der Waals surface area contributed by atoms with Gasteiger partial charge in [-0.05, 0) is 66.9 Å². The van der Waals surface area contributed by atoms with Crippen LogP contribution in [0.15, 0.2) is 109 Å². The molecule has 36 heavy (non-hydrogen) atoms. The van der Waals surface area contributed by atoms with E-state index in [4.69, 9.17) is 5.73 Å². The number of nitrogen functional groups attached to an aromatic ring is 1. The lowest BCUT2D eigenvalue weighted by Gasteiger charge is -2.20. The predicted octanol–water partition coefficient (Wildman–Crippen LogP) is 8.44. The Labute approximate surface area is 212 Å². The molecule has 5 aromatic rings. The van der Waals surface area contributed by atoms with E-state index in [2.05, 4.69) is 98.0 Å². The van der Waals surface area contributed by atoms with Crippen molar-refractivity contribution in [3.8, 4) is 33.4 Å². The van der Waals surface area contributed by atoms with Crippen molar-refractivity contribution in [2.75, 3.05) is 11.1 Å². The Kier molecular flexibility index (Phi) is 6.38. The summed E-state index contributed by atoms with van der Waals surface area (Å²) in [4.78, 5) is 11.1. The van der Waals surface area contributed by atoms with Crippen molar-refractivity contribution in [1.82, 2.24) is 0 Å². The second kappa shape index (κ2) is 9.93. The Morgan fingerprint density at radius 1 is 0.639 bits per heavy atom. The molecule has 3 nitrogen and oxygen atoms in total. The Balaban J connectivity index is 1.68. The monoisotopic (exact) mass is 468 g/mol. The van der Waals surface area contributed by atoms with Crippen molar-refractivity contribution in [1.29, 1.82) is 0 Å². The number of aryl methyl sites for hydroxylation is 2. The van der Waals surface area contributed by atoms with Gasteiger partial charge in [-0.25, -0.2) is 0 Å². The number of anilines is 3. The van der Waals surface area contributed by atoms with Gasteiger partial charge in [0.1, 0.15) is 6.29 Å². The van der Waals surface area contributed by atoms with Crippen LogP contribution in [0.3, 0.4) is 0 Å². The molecule has 0 spiro atoms. The van der Waals surface area contributed by atoms with Crippen LogP contribution in [0.5, 0.6) is 0 Å². The van der Waals surface area contributed by atoms with Gasteiger partial charge in [0.15, 0.2) is 0 Å². The fraction of sp³-hybridized carbons (Fsp3) is 0.0606. The number of hydrogen-bond donors (Lipinski definition) is 2. The van der Waals surface area contributed by atoms with Crippen LogP contribution < -0.4 is 11.1 Å². The summed E-state index contributed by atoms with van der Waals surface area (Å²) in [6.45, 7) is 4.18. The minimum Gasteiger partial charge on any atom is -0.398 e. The van der Waals surface area contributed by atoms with Crippen LogP contribution in [0.4, 0.5) is 17.1 Å². The number of carbonyl (C=O) groups is 1. The van der Waals surface area contributed by atoms with Gasteiger partial charge in [-0.2, -0.15) is 0 Å². The summed E-state index contributed by atoms with van der Waals surface area (Å²) in [7, 11) is 0. The first-order chi connectivity index (χ1) is 17.5. The second-order valence-corrected chi connectivity index (χ2v) is 9.10. The third-order valence-electron chi connectivity index (χ3n) is 6.46. The molecule has 0 unspecified atom stereocenters. The summed E-state index contributed by atoms with van der Waals surface area (Å²) < 4.78 is 0. The van der Waals surface area contributed by atoms with Crippen molar-refractivity contribution >= 4 is 23.3 Å². The van der Waals surface area contributed by atoms with Crippen LogP contribution >= 0.6 is 0 Å². The topological polar surface area (TPSA) is 55.1 Å². The molecule has 0 fully saturated rings. The van der Waals surface area contributed by atoms with E-state index < -0.39 is 0 Å². The summed E-state index contributed by atoms with van der Waals surface area (Å²) in [5.74, 6) is 0. The van der Waals surface area contributed by atoms with Gasteiger partial charge in [-0.1, -0.05) is 83.9 Å². The summed E-state index contributed by atoms with van der Waals surface area (Å²) in [5, 5.41) is 3.52. The largest absolute Gasteiger partial charge is 0.398 e. The van der Waals surface area contributed by atoms with Crippen LogP contribution in [-0.4, -0.2) is 6.29 Å². The van der Waals surface area contributed by atoms with E-state index in [9.17, 15) is 4.79 Å². The van der Waals surface area contributed by atoms with Gasteiger partial charge in [-0.15, -0.1) is 0 Å². The summed E-state index contributed by atoms with van der Waals surface area (Å²) >= 11 is 0. The van der Waals surface area contributed by atoms with E-state index in [1.54, 1.807) is 0 Å². The Morgan fingerprint density at radius 2 is 1.31 bits per heavy atom. The first kappa shape index (κ1) is 23.1. The number of hydrogen-bond acceptors (Lipinski definition) is 3. The highest BCUT2D eigenvalue weighted by Crippen LogP contribution is 2.44. The predicted molar refractivity (Wildman–Crippen MR) is 152 cm³/mol. The van der Waals surface area contributed by atoms with Crippen molar-refractivity contribution in [3.63, 3.8) is 0 Å². The fourth-order valence-corrected chi connectivity index (χ4v) is 4.53. The molecule has 0 amide bonds. The number of carbonyl (C=O) groups excluding carboxylic acids is 1. The molecular formula is C33H28N2O. The Morgan fingerprint density at radius 3 is 2.00 bits per heavy atom. The zero-order valence-electron chi connectivity index (χ0n) is 20.5. The second-order valence-electron chi connectivity index (χ2n) is 9.10. The lowest BCUT2D eigenvalue weighted by Crippen LogP contribution is -2.00. The van der Waals surface area contributed by atoms with Crippen molar-refractivity contribution < 1.29 is 4.79 Å². The van der Waals surface area contributed by atoms with Crippen molar-refractivity contribution in [2.45, 2.75) is 13.8 Å². The van der Waals surface area contributed by atoms with Gasteiger partial charge in [0.2, 0.25) is 0 Å². The molecule has 0 saturated carbocycles. The molecule has 0 heterocycles. The van der Waals surface area contributed by atoms with Gasteiger partial charge in [-0.3, -0.25) is 4.79 Å². The minimum absolute atomic E-state index is 0.646. The normalized spacial score (nSPS) is 10.7. The van der Waals surface area contributed by atoms with Gasteiger partial charge in [0.25, 0.3) is 0 Å². The van der Waals surface area contributed by atoms with Crippen LogP contribution in [0.2, 0.25) is 0 Å². The molecular weight excluding hydrogens is 440 g/mol. The molecule has 3 heteroatoms. The first-order valence-electron chi connectivity index (χ1n) is 12.0. The summed E-state index contributed by atoms with van der Waals surface area (Å²) in [6.07, 6.45) is 0.850. The molecule has 176 valence electrons. The van der Waals surface area contributed by atoms with Crippen LogP contribution in [-0.2, 0) is 0 Å². The molecule has 0 saturated heterocycles. The number of nitrogens with two attached hydrogens (primary N) is 1. The maximum atomic E-state index is 11.1. The van der Waals surface area contributed by atoms with Gasteiger partial charge in [0, 0.05) is 39.3 Å². The fourth-order valence-electron chi connectivity index (χ4n) is 4.53. The highest BCUT2D eigenvalue weighted by atomic mass is 16.1. The molecule has 0 aromatic heterocycles. The summed E-state index contributed by atoms with van der Waals surface area (Å²) in [6, 6.07) is 36.9. The molecule has 0 radical (unpaired) electrons. The maximum absolute atomic E-state index is 11.1. The number of nitrogens with one attached hydrogen (secondary N) is 1. The Hall–Kier alpha value is -4.63. The third-order valence-corrected chi connectivity index (χ3v) is 6.46. The highest BCUT2D eigenvalue weighted by Gasteiger charge is 2.17. The standard InChI is InChI=1S/C33H28N2O/c1-22-8-13-26(14-9-22)32-28(25-6-4-3-5-7-25)17-18-29(33(32)34)30-20-23(2)10-19-31(30)35-27-15-11-24(21-36)12-16-27/h3-21,35H,34H2,1-2H3. The van der Waals surface area contributed by atoms with E-state index >= 15 is 0 Å². The number of aldehydes is 1. The zero-order chi connectivity index (χ0) is 25.1. The zero-order valence-corrected chi connectivity index (χ0v) is 20.5. The third kappa shape index (κ3) is 4.64. The average Bonchev–Trinajstić information content (AvgIpc) is 2.91. The quantitative estimate of drug-likeness (QED) is 0.194. The molecule has 0 atom stereocenters. The Bertz CT molecular complexity index is 1520. The molecule has 5 aromatic carbocycles. The molecule has 3 N–H and O–H groups in total. The maximum Gasteiger partial charge on any atom is 0.150 e. The molecule has 0 aliphatic carbocycles. The van der Waals surface area contributed by atoms with Crippen LogP contribution in [0.1, 0.15) is 21.5 Å². The smallest absolute Gasteiger partial charge is 0.150 e. The van der Waals surface area contributed by atoms with E-state index in [0.717, 1.165) is 62.3 Å². The van der Waals surface area contributed by atoms with Crippen molar-refractivity contribution in [2.24, 2.45) is 0 Å². The summed E-state index contributed by atoms with van der Waals surface area (Å²) in [5.41, 5.74) is 19.0. The van der Waals surface area contributed by atoms with Crippen LogP contribution in [0.25, 0.3) is 33.4 Å².